The molecular weight excluding hydrogens is 362 g/mol. The van der Waals surface area contributed by atoms with Gasteiger partial charge in [-0.15, -0.1) is 0 Å². The topological polar surface area (TPSA) is 49.8 Å². The predicted molar refractivity (Wildman–Crippen MR) is 115 cm³/mol. The molecule has 29 heavy (non-hydrogen) atoms. The van der Waals surface area contributed by atoms with E-state index in [0.717, 1.165) is 11.1 Å². The van der Waals surface area contributed by atoms with Gasteiger partial charge in [0.15, 0.2) is 11.3 Å². The lowest BCUT2D eigenvalue weighted by atomic mass is 9.81. The molecule has 0 aliphatic carbocycles. The molecule has 0 saturated heterocycles. The monoisotopic (exact) mass is 393 g/mol. The van der Waals surface area contributed by atoms with Crippen molar-refractivity contribution < 1.29 is 14.6 Å². The number of aliphatic hydroxyl groups excluding tert-OH is 1. The molecular formula is C25H31NO3. The van der Waals surface area contributed by atoms with Crippen molar-refractivity contribution >= 4 is 5.97 Å². The first-order valence-electron chi connectivity index (χ1n) is 10.3. The van der Waals surface area contributed by atoms with Crippen molar-refractivity contribution in [2.24, 2.45) is 11.8 Å². The summed E-state index contributed by atoms with van der Waals surface area (Å²) >= 11 is 0. The molecule has 1 aliphatic rings. The Bertz CT molecular complexity index is 807. The third-order valence-corrected chi connectivity index (χ3v) is 5.12. The highest BCUT2D eigenvalue weighted by Gasteiger charge is 2.46. The van der Waals surface area contributed by atoms with E-state index in [2.05, 4.69) is 27.7 Å². The Hall–Kier alpha value is -2.75. The molecule has 1 N–H and O–H groups in total. The van der Waals surface area contributed by atoms with Gasteiger partial charge in [-0.2, -0.15) is 0 Å². The molecule has 3 rings (SSSR count). The highest BCUT2D eigenvalue weighted by Crippen LogP contribution is 2.43. The fourth-order valence-electron chi connectivity index (χ4n) is 4.03. The van der Waals surface area contributed by atoms with Gasteiger partial charge >= 0.3 is 5.97 Å². The van der Waals surface area contributed by atoms with Gasteiger partial charge < -0.3 is 14.7 Å². The van der Waals surface area contributed by atoms with E-state index in [-0.39, 0.29) is 12.2 Å². The molecule has 2 aromatic rings. The molecule has 0 fully saturated rings. The number of hydrogen-bond acceptors (Lipinski definition) is 4. The number of esters is 1. The Morgan fingerprint density at radius 2 is 1.34 bits per heavy atom. The van der Waals surface area contributed by atoms with E-state index in [9.17, 15) is 9.90 Å². The second-order valence-electron chi connectivity index (χ2n) is 8.61. The van der Waals surface area contributed by atoms with Gasteiger partial charge in [0, 0.05) is 24.2 Å². The minimum absolute atomic E-state index is 0.0928. The average molecular weight is 394 g/mol. The van der Waals surface area contributed by atoms with Crippen LogP contribution < -0.4 is 0 Å². The smallest absolute Gasteiger partial charge is 0.359 e. The minimum Gasteiger partial charge on any atom is -0.510 e. The summed E-state index contributed by atoms with van der Waals surface area (Å²) in [6, 6.07) is 19.3. The lowest BCUT2D eigenvalue weighted by Crippen LogP contribution is -2.44. The maximum Gasteiger partial charge on any atom is 0.359 e. The summed E-state index contributed by atoms with van der Waals surface area (Å²) in [5, 5.41) is 11.1. The highest BCUT2D eigenvalue weighted by molar-refractivity contribution is 5.90. The van der Waals surface area contributed by atoms with Gasteiger partial charge in [0.05, 0.1) is 6.42 Å². The number of benzene rings is 2. The zero-order chi connectivity index (χ0) is 21.0. The van der Waals surface area contributed by atoms with Crippen LogP contribution in [-0.2, 0) is 15.1 Å². The number of ether oxygens (including phenoxy) is 1. The van der Waals surface area contributed by atoms with Gasteiger partial charge in [-0.1, -0.05) is 88.4 Å². The molecule has 0 atom stereocenters. The van der Waals surface area contributed by atoms with Crippen LogP contribution in [0, 0.1) is 11.8 Å². The van der Waals surface area contributed by atoms with Gasteiger partial charge in [0.1, 0.15) is 5.76 Å². The zero-order valence-corrected chi connectivity index (χ0v) is 17.8. The fraction of sp³-hybridized carbons (Fsp3) is 0.400. The summed E-state index contributed by atoms with van der Waals surface area (Å²) < 4.78 is 6.17. The summed E-state index contributed by atoms with van der Waals surface area (Å²) in [7, 11) is 0. The zero-order valence-electron chi connectivity index (χ0n) is 17.8. The molecule has 0 spiro atoms. The number of cyclic esters (lactones) is 1. The molecule has 1 heterocycles. The molecule has 4 nitrogen and oxygen atoms in total. The van der Waals surface area contributed by atoms with E-state index in [1.165, 1.54) is 0 Å². The van der Waals surface area contributed by atoms with Gasteiger partial charge in [0.25, 0.3) is 0 Å². The van der Waals surface area contributed by atoms with Crippen molar-refractivity contribution in [1.82, 2.24) is 4.90 Å². The number of hydrogen-bond donors (Lipinski definition) is 1. The van der Waals surface area contributed by atoms with Gasteiger partial charge in [-0.05, 0) is 11.8 Å². The van der Waals surface area contributed by atoms with Crippen molar-refractivity contribution in [3.05, 3.63) is 83.2 Å². The van der Waals surface area contributed by atoms with Crippen molar-refractivity contribution in [2.75, 3.05) is 13.1 Å². The van der Waals surface area contributed by atoms with Crippen molar-refractivity contribution in [3.8, 4) is 0 Å². The van der Waals surface area contributed by atoms with Crippen LogP contribution in [0.2, 0.25) is 0 Å². The van der Waals surface area contributed by atoms with E-state index >= 15 is 0 Å². The molecule has 0 radical (unpaired) electrons. The molecule has 4 heteroatoms. The molecule has 1 aliphatic heterocycles. The molecule has 0 unspecified atom stereocenters. The molecule has 0 amide bonds. The minimum atomic E-state index is -1.03. The molecule has 154 valence electrons. The van der Waals surface area contributed by atoms with Gasteiger partial charge in [-0.3, -0.25) is 0 Å². The quantitative estimate of drug-likeness (QED) is 0.652. The summed E-state index contributed by atoms with van der Waals surface area (Å²) in [5.74, 6) is 0.339. The predicted octanol–water partition coefficient (Wildman–Crippen LogP) is 5.26. The van der Waals surface area contributed by atoms with Crippen LogP contribution in [-0.4, -0.2) is 29.1 Å². The largest absolute Gasteiger partial charge is 0.510 e. The summed E-state index contributed by atoms with van der Waals surface area (Å²) in [4.78, 5) is 15.3. The second kappa shape index (κ2) is 8.73. The Kier molecular flexibility index (Phi) is 6.31. The number of rotatable bonds is 7. The van der Waals surface area contributed by atoms with Crippen LogP contribution in [0.4, 0.5) is 0 Å². The number of carbonyl (C=O) groups excluding carboxylic acids is 1. The fourth-order valence-corrected chi connectivity index (χ4v) is 4.03. The Labute approximate surface area is 173 Å². The standard InChI is InChI=1S/C25H31NO3/c1-18(2)16-26(17-19(3)4)23-22(27)15-25(29-24(23)28,20-11-7-5-8-12-20)21-13-9-6-10-14-21/h5-14,18-19,27H,15-17H2,1-4H3. The van der Waals surface area contributed by atoms with Gasteiger partial charge in [-0.25, -0.2) is 4.79 Å². The Morgan fingerprint density at radius 3 is 1.72 bits per heavy atom. The normalized spacial score (nSPS) is 16.3. The summed E-state index contributed by atoms with van der Waals surface area (Å²) in [6.45, 7) is 9.82. The first kappa shape index (κ1) is 21.0. The second-order valence-corrected chi connectivity index (χ2v) is 8.61. The summed E-state index contributed by atoms with van der Waals surface area (Å²) in [5.41, 5.74) is 0.970. The van der Waals surface area contributed by atoms with E-state index in [1.807, 2.05) is 65.6 Å². The van der Waals surface area contributed by atoms with Crippen molar-refractivity contribution in [3.63, 3.8) is 0 Å². The lowest BCUT2D eigenvalue weighted by Gasteiger charge is -2.41. The lowest BCUT2D eigenvalue weighted by molar-refractivity contribution is -0.158. The maximum absolute atomic E-state index is 13.3. The number of carbonyl (C=O) groups is 1. The molecule has 0 bridgehead atoms. The Morgan fingerprint density at radius 1 is 0.897 bits per heavy atom. The van der Waals surface area contributed by atoms with E-state index in [1.54, 1.807) is 0 Å². The van der Waals surface area contributed by atoms with E-state index in [0.29, 0.717) is 30.6 Å². The van der Waals surface area contributed by atoms with Crippen LogP contribution in [0.15, 0.2) is 72.1 Å². The summed E-state index contributed by atoms with van der Waals surface area (Å²) in [6.07, 6.45) is 0.217. The molecule has 0 aromatic heterocycles. The van der Waals surface area contributed by atoms with Crippen LogP contribution in [0.3, 0.4) is 0 Å². The third-order valence-electron chi connectivity index (χ3n) is 5.12. The third kappa shape index (κ3) is 4.47. The van der Waals surface area contributed by atoms with E-state index < -0.39 is 11.6 Å². The molecule has 2 aromatic carbocycles. The number of nitrogens with zero attached hydrogens (tertiary/aromatic N) is 1. The highest BCUT2D eigenvalue weighted by atomic mass is 16.6. The number of aliphatic hydroxyl groups is 1. The first-order valence-corrected chi connectivity index (χ1v) is 10.3. The van der Waals surface area contributed by atoms with Crippen LogP contribution >= 0.6 is 0 Å². The maximum atomic E-state index is 13.3. The average Bonchev–Trinajstić information content (AvgIpc) is 2.67. The van der Waals surface area contributed by atoms with Crippen molar-refractivity contribution in [2.45, 2.75) is 39.7 Å². The van der Waals surface area contributed by atoms with Crippen LogP contribution in [0.5, 0.6) is 0 Å². The molecule has 0 saturated carbocycles. The van der Waals surface area contributed by atoms with E-state index in [4.69, 9.17) is 4.74 Å². The van der Waals surface area contributed by atoms with Gasteiger partial charge in [0.2, 0.25) is 0 Å². The first-order chi connectivity index (χ1) is 13.8. The SMILES string of the molecule is CC(C)CN(CC(C)C)C1=C(O)CC(c2ccccc2)(c2ccccc2)OC1=O. The van der Waals surface area contributed by atoms with Crippen LogP contribution in [0.1, 0.15) is 45.2 Å². The van der Waals surface area contributed by atoms with Crippen LogP contribution in [0.25, 0.3) is 0 Å². The Balaban J connectivity index is 2.09. The van der Waals surface area contributed by atoms with Crippen molar-refractivity contribution in [1.29, 1.82) is 0 Å².